The number of rotatable bonds is 2. The van der Waals surface area contributed by atoms with Gasteiger partial charge in [0.2, 0.25) is 0 Å². The summed E-state index contributed by atoms with van der Waals surface area (Å²) in [6.07, 6.45) is 0. The molecule has 9 rings (SSSR count). The monoisotopic (exact) mass is 510 g/mol. The van der Waals surface area contributed by atoms with Crippen molar-refractivity contribution in [3.8, 4) is 44.5 Å². The molecular formula is C38H22S. The van der Waals surface area contributed by atoms with E-state index in [-0.39, 0.29) is 0 Å². The topological polar surface area (TPSA) is 0 Å². The zero-order chi connectivity index (χ0) is 25.5. The Kier molecular flexibility index (Phi) is 4.30. The molecule has 0 amide bonds. The van der Waals surface area contributed by atoms with E-state index in [1.165, 1.54) is 86.2 Å². The van der Waals surface area contributed by atoms with Gasteiger partial charge in [-0.1, -0.05) is 91.0 Å². The van der Waals surface area contributed by atoms with Gasteiger partial charge < -0.3 is 0 Å². The van der Waals surface area contributed by atoms with Gasteiger partial charge in [-0.05, 0) is 109 Å². The van der Waals surface area contributed by atoms with Crippen molar-refractivity contribution in [2.75, 3.05) is 0 Å². The van der Waals surface area contributed by atoms with Crippen LogP contribution in [0, 0.1) is 0 Å². The summed E-state index contributed by atoms with van der Waals surface area (Å²) in [7, 11) is 0. The summed E-state index contributed by atoms with van der Waals surface area (Å²) in [5.74, 6) is 0. The third-order valence-electron chi connectivity index (χ3n) is 8.37. The quantitative estimate of drug-likeness (QED) is 0.217. The Labute approximate surface area is 230 Å². The summed E-state index contributed by atoms with van der Waals surface area (Å²) >= 11 is 1.87. The maximum Gasteiger partial charge on any atom is 0.0355 e. The van der Waals surface area contributed by atoms with Crippen LogP contribution in [0.15, 0.2) is 133 Å². The average Bonchev–Trinajstić information content (AvgIpc) is 3.53. The third kappa shape index (κ3) is 3.11. The van der Waals surface area contributed by atoms with E-state index >= 15 is 0 Å². The van der Waals surface area contributed by atoms with Crippen LogP contribution in [-0.4, -0.2) is 0 Å². The molecule has 8 aromatic rings. The summed E-state index contributed by atoms with van der Waals surface area (Å²) in [4.78, 5) is 0. The van der Waals surface area contributed by atoms with Crippen molar-refractivity contribution in [2.24, 2.45) is 0 Å². The highest BCUT2D eigenvalue weighted by Gasteiger charge is 2.21. The van der Waals surface area contributed by atoms with Crippen molar-refractivity contribution in [1.82, 2.24) is 0 Å². The van der Waals surface area contributed by atoms with E-state index in [1.54, 1.807) is 0 Å². The fourth-order valence-electron chi connectivity index (χ4n) is 6.49. The summed E-state index contributed by atoms with van der Waals surface area (Å²) < 4.78 is 2.70. The van der Waals surface area contributed by atoms with Gasteiger partial charge in [-0.15, -0.1) is 11.3 Å². The lowest BCUT2D eigenvalue weighted by Gasteiger charge is -2.10. The standard InChI is InChI=1S/C38H22S/c1-2-8-31-30(7-1)33-10-5-6-28-20-29(22-35(31)38(28)33)26-15-14-23-18-25(13-12-24(23)19-26)27-16-17-37-34(21-27)32-9-3-4-11-36(32)39-37/h1-22H. The normalized spacial score (nSPS) is 12.1. The SMILES string of the molecule is c1ccc2c(c1)-c1cccc3cc(-c4ccc5cc(-c6ccc7sc8ccccc8c7c6)ccc5c4)cc-2c13. The zero-order valence-electron chi connectivity index (χ0n) is 21.1. The summed E-state index contributed by atoms with van der Waals surface area (Å²) in [5, 5.41) is 7.91. The molecule has 0 nitrogen and oxygen atoms in total. The number of fused-ring (bicyclic) bond motifs is 7. The van der Waals surface area contributed by atoms with Gasteiger partial charge in [-0.25, -0.2) is 0 Å². The van der Waals surface area contributed by atoms with E-state index in [0.717, 1.165) is 0 Å². The Bertz CT molecular complexity index is 2280. The molecule has 180 valence electrons. The molecule has 1 aromatic heterocycles. The molecule has 0 atom stereocenters. The Morgan fingerprint density at radius 1 is 0.333 bits per heavy atom. The van der Waals surface area contributed by atoms with Gasteiger partial charge in [0.05, 0.1) is 0 Å². The Hall–Kier alpha value is -4.72. The first-order chi connectivity index (χ1) is 19.3. The van der Waals surface area contributed by atoms with E-state index in [4.69, 9.17) is 0 Å². The van der Waals surface area contributed by atoms with Crippen LogP contribution in [0.2, 0.25) is 0 Å². The van der Waals surface area contributed by atoms with Crippen LogP contribution in [0.4, 0.5) is 0 Å². The van der Waals surface area contributed by atoms with Crippen LogP contribution in [0.25, 0.3) is 86.2 Å². The predicted molar refractivity (Wildman–Crippen MR) is 170 cm³/mol. The van der Waals surface area contributed by atoms with Crippen LogP contribution in [0.3, 0.4) is 0 Å². The molecular weight excluding hydrogens is 488 g/mol. The van der Waals surface area contributed by atoms with Gasteiger partial charge in [-0.2, -0.15) is 0 Å². The first-order valence-electron chi connectivity index (χ1n) is 13.4. The van der Waals surface area contributed by atoms with Crippen LogP contribution < -0.4 is 0 Å². The molecule has 0 spiro atoms. The number of hydrogen-bond acceptors (Lipinski definition) is 1. The van der Waals surface area contributed by atoms with Crippen molar-refractivity contribution in [3.63, 3.8) is 0 Å². The minimum Gasteiger partial charge on any atom is -0.135 e. The van der Waals surface area contributed by atoms with E-state index < -0.39 is 0 Å². The molecule has 1 aliphatic carbocycles. The smallest absolute Gasteiger partial charge is 0.0355 e. The fraction of sp³-hybridized carbons (Fsp3) is 0. The van der Waals surface area contributed by atoms with Crippen molar-refractivity contribution >= 4 is 53.1 Å². The molecule has 0 saturated heterocycles. The van der Waals surface area contributed by atoms with E-state index in [9.17, 15) is 0 Å². The lowest BCUT2D eigenvalue weighted by molar-refractivity contribution is 1.66. The number of thiophene rings is 1. The largest absolute Gasteiger partial charge is 0.135 e. The lowest BCUT2D eigenvalue weighted by Crippen LogP contribution is -1.84. The highest BCUT2D eigenvalue weighted by atomic mass is 32.1. The second kappa shape index (κ2) is 7.89. The number of benzene rings is 7. The maximum absolute atomic E-state index is 2.38. The van der Waals surface area contributed by atoms with Crippen molar-refractivity contribution in [3.05, 3.63) is 133 Å². The Balaban J connectivity index is 1.15. The Morgan fingerprint density at radius 3 is 1.79 bits per heavy atom. The number of hydrogen-bond donors (Lipinski definition) is 0. The van der Waals surface area contributed by atoms with E-state index in [2.05, 4.69) is 133 Å². The molecule has 0 unspecified atom stereocenters. The second-order valence-corrected chi connectivity index (χ2v) is 11.6. The molecule has 1 heteroatoms. The van der Waals surface area contributed by atoms with E-state index in [0.29, 0.717) is 0 Å². The van der Waals surface area contributed by atoms with E-state index in [1.807, 2.05) is 11.3 Å². The summed E-state index contributed by atoms with van der Waals surface area (Å²) in [5.41, 5.74) is 10.4. The molecule has 0 aliphatic heterocycles. The third-order valence-corrected chi connectivity index (χ3v) is 9.52. The van der Waals surface area contributed by atoms with Crippen LogP contribution in [0.1, 0.15) is 0 Å². The van der Waals surface area contributed by atoms with Gasteiger partial charge in [0.15, 0.2) is 0 Å². The van der Waals surface area contributed by atoms with Gasteiger partial charge in [-0.3, -0.25) is 0 Å². The highest BCUT2D eigenvalue weighted by molar-refractivity contribution is 7.25. The van der Waals surface area contributed by atoms with Gasteiger partial charge in [0, 0.05) is 20.2 Å². The summed E-state index contributed by atoms with van der Waals surface area (Å²) in [6, 6.07) is 49.6. The van der Waals surface area contributed by atoms with Gasteiger partial charge in [0.1, 0.15) is 0 Å². The summed E-state index contributed by atoms with van der Waals surface area (Å²) in [6.45, 7) is 0. The highest BCUT2D eigenvalue weighted by Crippen LogP contribution is 2.48. The fourth-order valence-corrected chi connectivity index (χ4v) is 7.58. The molecule has 0 N–H and O–H groups in total. The first-order valence-corrected chi connectivity index (χ1v) is 14.2. The van der Waals surface area contributed by atoms with Crippen LogP contribution in [-0.2, 0) is 0 Å². The lowest BCUT2D eigenvalue weighted by atomic mass is 9.94. The molecule has 0 saturated carbocycles. The Morgan fingerprint density at radius 2 is 0.949 bits per heavy atom. The molecule has 0 fully saturated rings. The molecule has 1 aliphatic rings. The van der Waals surface area contributed by atoms with Crippen molar-refractivity contribution in [1.29, 1.82) is 0 Å². The zero-order valence-corrected chi connectivity index (χ0v) is 21.9. The molecule has 1 heterocycles. The van der Waals surface area contributed by atoms with Crippen molar-refractivity contribution in [2.45, 2.75) is 0 Å². The minimum atomic E-state index is 1.26. The predicted octanol–water partition coefficient (Wildman–Crippen LogP) is 11.3. The van der Waals surface area contributed by atoms with Crippen LogP contribution in [0.5, 0.6) is 0 Å². The van der Waals surface area contributed by atoms with Crippen molar-refractivity contribution < 1.29 is 0 Å². The average molecular weight is 511 g/mol. The molecule has 0 radical (unpaired) electrons. The maximum atomic E-state index is 2.38. The second-order valence-electron chi connectivity index (χ2n) is 10.6. The minimum absolute atomic E-state index is 1.26. The van der Waals surface area contributed by atoms with Gasteiger partial charge in [0.25, 0.3) is 0 Å². The van der Waals surface area contributed by atoms with Crippen LogP contribution >= 0.6 is 11.3 Å². The molecule has 0 bridgehead atoms. The first kappa shape index (κ1) is 21.2. The molecule has 39 heavy (non-hydrogen) atoms. The molecule has 7 aromatic carbocycles. The van der Waals surface area contributed by atoms with Gasteiger partial charge >= 0.3 is 0 Å².